The molecule has 2 aromatic rings. The van der Waals surface area contributed by atoms with Gasteiger partial charge in [-0.2, -0.15) is 0 Å². The summed E-state index contributed by atoms with van der Waals surface area (Å²) in [6.07, 6.45) is 0.735. The lowest BCUT2D eigenvalue weighted by atomic mass is 9.93. The zero-order chi connectivity index (χ0) is 14.7. The lowest BCUT2D eigenvalue weighted by Crippen LogP contribution is -2.42. The predicted molar refractivity (Wildman–Crippen MR) is 86.0 cm³/mol. The van der Waals surface area contributed by atoms with Gasteiger partial charge in [0.15, 0.2) is 5.11 Å². The quantitative estimate of drug-likeness (QED) is 0.823. The SMILES string of the molecule is CCN1C(=O)[C@H]2Cc3c([nH]c4ccccc34)[C@@H](C)N2C1=S. The van der Waals surface area contributed by atoms with Crippen LogP contribution in [0.25, 0.3) is 10.9 Å². The molecule has 1 N–H and O–H groups in total. The van der Waals surface area contributed by atoms with Crippen molar-refractivity contribution in [1.82, 2.24) is 14.8 Å². The van der Waals surface area contributed by atoms with Crippen LogP contribution in [0.3, 0.4) is 0 Å². The van der Waals surface area contributed by atoms with Gasteiger partial charge in [-0.1, -0.05) is 18.2 Å². The molecule has 3 heterocycles. The van der Waals surface area contributed by atoms with Crippen molar-refractivity contribution in [2.24, 2.45) is 0 Å². The van der Waals surface area contributed by atoms with E-state index in [0.29, 0.717) is 11.7 Å². The van der Waals surface area contributed by atoms with Gasteiger partial charge in [0.2, 0.25) is 0 Å². The number of hydrogen-bond acceptors (Lipinski definition) is 2. The van der Waals surface area contributed by atoms with Gasteiger partial charge in [0.05, 0.1) is 6.04 Å². The minimum Gasteiger partial charge on any atom is -0.356 e. The Labute approximate surface area is 128 Å². The monoisotopic (exact) mass is 299 g/mol. The molecule has 2 aliphatic rings. The molecule has 1 amide bonds. The highest BCUT2D eigenvalue weighted by Gasteiger charge is 2.47. The number of thiocarbonyl (C=S) groups is 1. The summed E-state index contributed by atoms with van der Waals surface area (Å²) in [4.78, 5) is 19.9. The van der Waals surface area contributed by atoms with E-state index < -0.39 is 0 Å². The first-order valence-electron chi connectivity index (χ1n) is 7.36. The molecule has 5 heteroatoms. The summed E-state index contributed by atoms with van der Waals surface area (Å²) >= 11 is 5.52. The van der Waals surface area contributed by atoms with Crippen molar-refractivity contribution >= 4 is 34.1 Å². The lowest BCUT2D eigenvalue weighted by Gasteiger charge is -2.34. The molecule has 108 valence electrons. The summed E-state index contributed by atoms with van der Waals surface area (Å²) in [5.74, 6) is 0.144. The maximum Gasteiger partial charge on any atom is 0.251 e. The molecule has 0 aliphatic carbocycles. The van der Waals surface area contributed by atoms with Crippen LogP contribution in [-0.4, -0.2) is 38.4 Å². The number of hydrogen-bond donors (Lipinski definition) is 1. The number of para-hydroxylation sites is 1. The van der Waals surface area contributed by atoms with Crippen molar-refractivity contribution < 1.29 is 4.79 Å². The number of rotatable bonds is 1. The molecular weight excluding hydrogens is 282 g/mol. The topological polar surface area (TPSA) is 39.3 Å². The van der Waals surface area contributed by atoms with Crippen LogP contribution in [0.4, 0.5) is 0 Å². The number of likely N-dealkylation sites (N-methyl/N-ethyl adjacent to an activating group) is 1. The van der Waals surface area contributed by atoms with E-state index >= 15 is 0 Å². The third kappa shape index (κ3) is 1.55. The molecule has 4 nitrogen and oxygen atoms in total. The fourth-order valence-corrected chi connectivity index (χ4v) is 4.21. The highest BCUT2D eigenvalue weighted by molar-refractivity contribution is 7.80. The van der Waals surface area contributed by atoms with E-state index in [-0.39, 0.29) is 18.0 Å². The smallest absolute Gasteiger partial charge is 0.251 e. The number of nitrogens with one attached hydrogen (secondary N) is 1. The van der Waals surface area contributed by atoms with E-state index in [1.807, 2.05) is 19.1 Å². The van der Waals surface area contributed by atoms with Crippen LogP contribution in [0.2, 0.25) is 0 Å². The molecule has 1 fully saturated rings. The minimum absolute atomic E-state index is 0.110. The summed E-state index contributed by atoms with van der Waals surface area (Å²) in [7, 11) is 0. The Morgan fingerprint density at radius 2 is 2.14 bits per heavy atom. The van der Waals surface area contributed by atoms with Gasteiger partial charge in [-0.15, -0.1) is 0 Å². The summed E-state index contributed by atoms with van der Waals surface area (Å²) in [6.45, 7) is 4.74. The summed E-state index contributed by atoms with van der Waals surface area (Å²) in [5.41, 5.74) is 3.61. The first-order chi connectivity index (χ1) is 10.1. The van der Waals surface area contributed by atoms with Crippen molar-refractivity contribution in [3.8, 4) is 0 Å². The number of nitrogens with zero attached hydrogens (tertiary/aromatic N) is 2. The van der Waals surface area contributed by atoms with Crippen LogP contribution in [0, 0.1) is 0 Å². The van der Waals surface area contributed by atoms with E-state index in [0.717, 1.165) is 11.9 Å². The largest absolute Gasteiger partial charge is 0.356 e. The van der Waals surface area contributed by atoms with Gasteiger partial charge < -0.3 is 9.88 Å². The molecule has 0 bridgehead atoms. The minimum atomic E-state index is -0.140. The van der Waals surface area contributed by atoms with Crippen LogP contribution in [0.15, 0.2) is 24.3 Å². The lowest BCUT2D eigenvalue weighted by molar-refractivity contribution is -0.128. The summed E-state index contributed by atoms with van der Waals surface area (Å²) in [5, 5.41) is 1.90. The van der Waals surface area contributed by atoms with Crippen LogP contribution < -0.4 is 0 Å². The molecular formula is C16H17N3OS. The molecule has 1 aromatic heterocycles. The van der Waals surface area contributed by atoms with E-state index in [9.17, 15) is 4.79 Å². The number of amides is 1. The standard InChI is InChI=1S/C16H17N3OS/c1-3-18-15(20)13-8-11-10-6-4-5-7-12(10)17-14(11)9(2)19(13)16(18)21/h4-7,9,13,17H,3,8H2,1-2H3/t9-,13-/m1/s1. The molecule has 2 aliphatic heterocycles. The van der Waals surface area contributed by atoms with Gasteiger partial charge in [0.1, 0.15) is 6.04 Å². The Balaban J connectivity index is 1.88. The number of carbonyl (C=O) groups excluding carboxylic acids is 1. The zero-order valence-corrected chi connectivity index (χ0v) is 12.9. The van der Waals surface area contributed by atoms with Crippen molar-refractivity contribution in [2.45, 2.75) is 32.4 Å². The molecule has 1 aromatic carbocycles. The van der Waals surface area contributed by atoms with Gasteiger partial charge in [-0.05, 0) is 37.7 Å². The second-order valence-corrected chi connectivity index (χ2v) is 6.10. The Hall–Kier alpha value is -1.88. The van der Waals surface area contributed by atoms with E-state index in [1.165, 1.54) is 16.6 Å². The summed E-state index contributed by atoms with van der Waals surface area (Å²) < 4.78 is 0. The molecule has 2 atom stereocenters. The molecule has 21 heavy (non-hydrogen) atoms. The number of fused-ring (bicyclic) bond motifs is 4. The normalized spacial score (nSPS) is 24.7. The van der Waals surface area contributed by atoms with E-state index in [1.54, 1.807) is 4.90 Å². The number of aromatic amines is 1. The van der Waals surface area contributed by atoms with Crippen molar-refractivity contribution in [3.63, 3.8) is 0 Å². The van der Waals surface area contributed by atoms with Crippen molar-refractivity contribution in [3.05, 3.63) is 35.5 Å². The molecule has 0 unspecified atom stereocenters. The van der Waals surface area contributed by atoms with Crippen LogP contribution >= 0.6 is 12.2 Å². The molecule has 4 rings (SSSR count). The van der Waals surface area contributed by atoms with Crippen LogP contribution in [0.1, 0.15) is 31.1 Å². The number of carbonyl (C=O) groups is 1. The molecule has 0 saturated carbocycles. The second kappa shape index (κ2) is 4.31. The van der Waals surface area contributed by atoms with Crippen LogP contribution in [-0.2, 0) is 11.2 Å². The van der Waals surface area contributed by atoms with Gasteiger partial charge in [-0.25, -0.2) is 0 Å². The fraction of sp³-hybridized carbons (Fsp3) is 0.375. The van der Waals surface area contributed by atoms with Gasteiger partial charge >= 0.3 is 0 Å². The molecule has 0 radical (unpaired) electrons. The summed E-state index contributed by atoms with van der Waals surface area (Å²) in [6, 6.07) is 8.27. The van der Waals surface area contributed by atoms with Crippen molar-refractivity contribution in [1.29, 1.82) is 0 Å². The Bertz CT molecular complexity index is 766. The second-order valence-electron chi connectivity index (χ2n) is 5.73. The maximum absolute atomic E-state index is 12.6. The van der Waals surface area contributed by atoms with Crippen LogP contribution in [0.5, 0.6) is 0 Å². The molecule has 0 spiro atoms. The predicted octanol–water partition coefficient (Wildman–Crippen LogP) is 2.60. The number of H-pyrrole nitrogens is 1. The fourth-order valence-electron chi connectivity index (χ4n) is 3.71. The zero-order valence-electron chi connectivity index (χ0n) is 12.1. The first kappa shape index (κ1) is 12.8. The highest BCUT2D eigenvalue weighted by Crippen LogP contribution is 2.40. The first-order valence-corrected chi connectivity index (χ1v) is 7.77. The number of aromatic nitrogens is 1. The molecule has 1 saturated heterocycles. The Kier molecular flexibility index (Phi) is 2.63. The number of benzene rings is 1. The van der Waals surface area contributed by atoms with E-state index in [4.69, 9.17) is 12.2 Å². The third-order valence-electron chi connectivity index (χ3n) is 4.73. The third-order valence-corrected chi connectivity index (χ3v) is 5.17. The maximum atomic E-state index is 12.6. The Morgan fingerprint density at radius 3 is 2.90 bits per heavy atom. The average Bonchev–Trinajstić information content (AvgIpc) is 2.97. The van der Waals surface area contributed by atoms with E-state index in [2.05, 4.69) is 28.9 Å². The van der Waals surface area contributed by atoms with Crippen molar-refractivity contribution in [2.75, 3.05) is 6.54 Å². The van der Waals surface area contributed by atoms with Gasteiger partial charge in [0.25, 0.3) is 5.91 Å². The van der Waals surface area contributed by atoms with Gasteiger partial charge in [-0.3, -0.25) is 9.69 Å². The highest BCUT2D eigenvalue weighted by atomic mass is 32.1. The van der Waals surface area contributed by atoms with Gasteiger partial charge in [0, 0.05) is 29.6 Å². The Morgan fingerprint density at radius 1 is 1.38 bits per heavy atom. The average molecular weight is 299 g/mol.